The summed E-state index contributed by atoms with van der Waals surface area (Å²) in [5.74, 6) is -0.916. The fourth-order valence-electron chi connectivity index (χ4n) is 2.31. The van der Waals surface area contributed by atoms with E-state index in [9.17, 15) is 4.79 Å². The summed E-state index contributed by atoms with van der Waals surface area (Å²) in [6.45, 7) is 2.32. The Bertz CT molecular complexity index is 473. The number of carboxylic acid groups (broad SMARTS) is 1. The second-order valence-corrected chi connectivity index (χ2v) is 5.76. The van der Waals surface area contributed by atoms with Gasteiger partial charge in [-0.3, -0.25) is 4.90 Å². The van der Waals surface area contributed by atoms with Crippen LogP contribution in [0.3, 0.4) is 0 Å². The molecule has 1 saturated heterocycles. The number of aliphatic carboxylic acids is 1. The Balaban J connectivity index is 1.80. The van der Waals surface area contributed by atoms with E-state index in [-0.39, 0.29) is 12.7 Å². The average Bonchev–Trinajstić information content (AvgIpc) is 2.41. The summed E-state index contributed by atoms with van der Waals surface area (Å²) >= 11 is 12.0. The van der Waals surface area contributed by atoms with Crippen molar-refractivity contribution < 1.29 is 14.6 Å². The lowest BCUT2D eigenvalue weighted by molar-refractivity contribution is -0.145. The van der Waals surface area contributed by atoms with E-state index in [0.717, 1.165) is 38.0 Å². The van der Waals surface area contributed by atoms with Crippen molar-refractivity contribution in [1.29, 1.82) is 0 Å². The smallest absolute Gasteiger partial charge is 0.329 e. The number of ether oxygens (including phenoxy) is 1. The van der Waals surface area contributed by atoms with E-state index >= 15 is 0 Å². The summed E-state index contributed by atoms with van der Waals surface area (Å²) in [6, 6.07) is 5.53. The first-order valence-electron chi connectivity index (χ1n) is 6.54. The van der Waals surface area contributed by atoms with Gasteiger partial charge in [-0.1, -0.05) is 29.3 Å². The van der Waals surface area contributed by atoms with Crippen LogP contribution in [-0.2, 0) is 16.1 Å². The van der Waals surface area contributed by atoms with Gasteiger partial charge in [-0.05, 0) is 30.5 Å². The SMILES string of the molecule is O=C(O)COC1CCN(Cc2ccc(Cl)cc2Cl)CC1. The lowest BCUT2D eigenvalue weighted by atomic mass is 10.1. The monoisotopic (exact) mass is 317 g/mol. The molecule has 1 aromatic carbocycles. The molecule has 0 unspecified atom stereocenters. The Morgan fingerprint density at radius 2 is 2.05 bits per heavy atom. The maximum absolute atomic E-state index is 10.5. The highest BCUT2D eigenvalue weighted by atomic mass is 35.5. The molecule has 1 aromatic rings. The number of rotatable bonds is 5. The van der Waals surface area contributed by atoms with Gasteiger partial charge in [-0.2, -0.15) is 0 Å². The molecule has 0 atom stereocenters. The summed E-state index contributed by atoms with van der Waals surface area (Å²) in [7, 11) is 0. The van der Waals surface area contributed by atoms with Crippen molar-refractivity contribution in [2.75, 3.05) is 19.7 Å². The third-order valence-corrected chi connectivity index (χ3v) is 3.97. The van der Waals surface area contributed by atoms with Crippen molar-refractivity contribution in [3.8, 4) is 0 Å². The summed E-state index contributed by atoms with van der Waals surface area (Å²) in [5.41, 5.74) is 1.06. The Morgan fingerprint density at radius 1 is 1.35 bits per heavy atom. The Morgan fingerprint density at radius 3 is 2.65 bits per heavy atom. The van der Waals surface area contributed by atoms with Crippen LogP contribution in [0.15, 0.2) is 18.2 Å². The zero-order valence-corrected chi connectivity index (χ0v) is 12.5. The van der Waals surface area contributed by atoms with Crippen molar-refractivity contribution in [3.05, 3.63) is 33.8 Å². The molecule has 2 rings (SSSR count). The van der Waals surface area contributed by atoms with Gasteiger partial charge in [0.1, 0.15) is 6.61 Å². The highest BCUT2D eigenvalue weighted by molar-refractivity contribution is 6.35. The summed E-state index contributed by atoms with van der Waals surface area (Å²) in [5, 5.41) is 9.90. The molecule has 0 radical (unpaired) electrons. The van der Waals surface area contributed by atoms with E-state index < -0.39 is 5.97 Å². The van der Waals surface area contributed by atoms with Crippen LogP contribution in [0, 0.1) is 0 Å². The molecule has 0 bridgehead atoms. The molecule has 0 saturated carbocycles. The van der Waals surface area contributed by atoms with Gasteiger partial charge in [-0.25, -0.2) is 4.79 Å². The van der Waals surface area contributed by atoms with E-state index in [1.807, 2.05) is 12.1 Å². The van der Waals surface area contributed by atoms with Crippen LogP contribution >= 0.6 is 23.2 Å². The Hall–Kier alpha value is -0.810. The number of piperidine rings is 1. The second kappa shape index (κ2) is 7.27. The highest BCUT2D eigenvalue weighted by Crippen LogP contribution is 2.24. The van der Waals surface area contributed by atoms with E-state index in [1.165, 1.54) is 0 Å². The van der Waals surface area contributed by atoms with Crippen molar-refractivity contribution in [2.24, 2.45) is 0 Å². The van der Waals surface area contributed by atoms with Crippen LogP contribution in [0.1, 0.15) is 18.4 Å². The molecule has 20 heavy (non-hydrogen) atoms. The quantitative estimate of drug-likeness (QED) is 0.906. The predicted molar refractivity (Wildman–Crippen MR) is 78.3 cm³/mol. The van der Waals surface area contributed by atoms with Gasteiger partial charge in [0.2, 0.25) is 0 Å². The zero-order chi connectivity index (χ0) is 14.5. The molecule has 1 N–H and O–H groups in total. The van der Waals surface area contributed by atoms with Gasteiger partial charge in [0.15, 0.2) is 0 Å². The van der Waals surface area contributed by atoms with Crippen molar-refractivity contribution in [2.45, 2.75) is 25.5 Å². The van der Waals surface area contributed by atoms with Gasteiger partial charge in [0.05, 0.1) is 6.10 Å². The number of hydrogen-bond donors (Lipinski definition) is 1. The predicted octanol–water partition coefficient (Wildman–Crippen LogP) is 3.06. The van der Waals surface area contributed by atoms with E-state index in [0.29, 0.717) is 10.0 Å². The molecule has 6 heteroatoms. The number of likely N-dealkylation sites (tertiary alicyclic amines) is 1. The standard InChI is InChI=1S/C14H17Cl2NO3/c15-11-2-1-10(13(16)7-11)8-17-5-3-12(4-6-17)20-9-14(18)19/h1-2,7,12H,3-6,8-9H2,(H,18,19). The molecule has 4 nitrogen and oxygen atoms in total. The Kier molecular flexibility index (Phi) is 5.66. The van der Waals surface area contributed by atoms with Crippen LogP contribution in [0.5, 0.6) is 0 Å². The van der Waals surface area contributed by atoms with Crippen LogP contribution in [-0.4, -0.2) is 41.8 Å². The third kappa shape index (κ3) is 4.63. The van der Waals surface area contributed by atoms with Crippen LogP contribution < -0.4 is 0 Å². The second-order valence-electron chi connectivity index (χ2n) is 4.92. The van der Waals surface area contributed by atoms with E-state index in [4.69, 9.17) is 33.0 Å². The first-order chi connectivity index (χ1) is 9.54. The fourth-order valence-corrected chi connectivity index (χ4v) is 2.78. The minimum absolute atomic E-state index is 0.0445. The lowest BCUT2D eigenvalue weighted by Crippen LogP contribution is -2.37. The maximum atomic E-state index is 10.5. The molecule has 0 spiro atoms. The van der Waals surface area contributed by atoms with Gasteiger partial charge in [-0.15, -0.1) is 0 Å². The fraction of sp³-hybridized carbons (Fsp3) is 0.500. The van der Waals surface area contributed by atoms with Crippen LogP contribution in [0.2, 0.25) is 10.0 Å². The number of nitrogens with zero attached hydrogens (tertiary/aromatic N) is 1. The maximum Gasteiger partial charge on any atom is 0.329 e. The summed E-state index contributed by atoms with van der Waals surface area (Å²) < 4.78 is 5.31. The molecule has 0 aliphatic carbocycles. The van der Waals surface area contributed by atoms with Crippen LogP contribution in [0.4, 0.5) is 0 Å². The summed E-state index contributed by atoms with van der Waals surface area (Å²) in [4.78, 5) is 12.7. The van der Waals surface area contributed by atoms with E-state index in [1.54, 1.807) is 6.07 Å². The van der Waals surface area contributed by atoms with Crippen molar-refractivity contribution in [3.63, 3.8) is 0 Å². The van der Waals surface area contributed by atoms with Gasteiger partial charge in [0.25, 0.3) is 0 Å². The van der Waals surface area contributed by atoms with Gasteiger partial charge >= 0.3 is 5.97 Å². The first-order valence-corrected chi connectivity index (χ1v) is 7.30. The molecule has 0 amide bonds. The van der Waals surface area contributed by atoms with Crippen LogP contribution in [0.25, 0.3) is 0 Å². The molecule has 110 valence electrons. The number of hydrogen-bond acceptors (Lipinski definition) is 3. The number of carboxylic acids is 1. The normalized spacial score (nSPS) is 17.3. The third-order valence-electron chi connectivity index (χ3n) is 3.39. The summed E-state index contributed by atoms with van der Waals surface area (Å²) in [6.07, 6.45) is 1.74. The molecular weight excluding hydrogens is 301 g/mol. The minimum Gasteiger partial charge on any atom is -0.480 e. The Labute approximate surface area is 128 Å². The zero-order valence-electron chi connectivity index (χ0n) is 11.0. The molecule has 0 aromatic heterocycles. The number of benzene rings is 1. The molecule has 1 heterocycles. The first kappa shape index (κ1) is 15.6. The molecular formula is C14H17Cl2NO3. The number of halogens is 2. The molecule has 1 aliphatic heterocycles. The van der Waals surface area contributed by atoms with Gasteiger partial charge < -0.3 is 9.84 Å². The van der Waals surface area contributed by atoms with Gasteiger partial charge in [0, 0.05) is 29.7 Å². The largest absolute Gasteiger partial charge is 0.480 e. The highest BCUT2D eigenvalue weighted by Gasteiger charge is 2.20. The lowest BCUT2D eigenvalue weighted by Gasteiger charge is -2.31. The number of carbonyl (C=O) groups is 1. The topological polar surface area (TPSA) is 49.8 Å². The molecule has 1 fully saturated rings. The minimum atomic E-state index is -0.916. The van der Waals surface area contributed by atoms with E-state index in [2.05, 4.69) is 4.90 Å². The average molecular weight is 318 g/mol. The van der Waals surface area contributed by atoms with Crippen molar-refractivity contribution >= 4 is 29.2 Å². The van der Waals surface area contributed by atoms with Crippen molar-refractivity contribution in [1.82, 2.24) is 4.90 Å². The molecule has 1 aliphatic rings.